The summed E-state index contributed by atoms with van der Waals surface area (Å²) in [7, 11) is 0. The van der Waals surface area contributed by atoms with Crippen molar-refractivity contribution in [3.05, 3.63) is 85.2 Å². The van der Waals surface area contributed by atoms with Crippen LogP contribution in [0.5, 0.6) is 0 Å². The third-order valence-electron chi connectivity index (χ3n) is 5.96. The summed E-state index contributed by atoms with van der Waals surface area (Å²) in [5.74, 6) is 0.852. The maximum Gasteiger partial charge on any atom is 2.00 e. The number of fused-ring (bicyclic) bond motifs is 6. The van der Waals surface area contributed by atoms with Crippen molar-refractivity contribution in [1.82, 2.24) is 61.2 Å². The Bertz CT molecular complexity index is 1890. The zero-order valence-electron chi connectivity index (χ0n) is 19.8. The van der Waals surface area contributed by atoms with Gasteiger partial charge in [-0.2, -0.15) is 5.21 Å². The summed E-state index contributed by atoms with van der Waals surface area (Å²) >= 11 is 0. The molecule has 0 spiro atoms. The Kier molecular flexibility index (Phi) is 6.33. The van der Waals surface area contributed by atoms with Gasteiger partial charge in [-0.15, -0.1) is 0 Å². The molecule has 0 atom stereocenters. The quantitative estimate of drug-likeness (QED) is 0.229. The molecule has 2 aromatic carbocycles. The molecule has 0 radical (unpaired) electrons. The van der Waals surface area contributed by atoms with Crippen LogP contribution >= 0.6 is 0 Å². The average molecular weight is 550 g/mol. The molecule has 8 rings (SSSR count). The fraction of sp³-hybridized carbons (Fsp3) is 0. The van der Waals surface area contributed by atoms with Crippen LogP contribution in [0.25, 0.3) is 66.6 Å². The van der Waals surface area contributed by atoms with Gasteiger partial charge in [0.25, 0.3) is 0 Å². The van der Waals surface area contributed by atoms with Crippen LogP contribution in [0.3, 0.4) is 0 Å². The molecule has 0 N–H and O–H groups in total. The van der Waals surface area contributed by atoms with E-state index in [4.69, 9.17) is 0 Å². The molecule has 0 bridgehead atoms. The summed E-state index contributed by atoms with van der Waals surface area (Å²) in [6.07, 6.45) is 3.52. The van der Waals surface area contributed by atoms with E-state index in [0.29, 0.717) is 23.0 Å². The first-order valence-electron chi connectivity index (χ1n) is 11.5. The van der Waals surface area contributed by atoms with Crippen LogP contribution in [0.1, 0.15) is 0 Å². The first-order chi connectivity index (χ1) is 18.8. The van der Waals surface area contributed by atoms with Crippen molar-refractivity contribution in [2.24, 2.45) is 0 Å². The SMILES string of the molecule is [Fe+2].c1cnc2c(c1)ccc1ccc(-c3nn[n-]n3)nc12.c1cnc2c(c1)ccc1ccc(-c3nnn[n-]3)nc12. The minimum atomic E-state index is 0. The summed E-state index contributed by atoms with van der Waals surface area (Å²) in [5, 5.41) is 33.3. The number of hydrogen-bond acceptors (Lipinski definition) is 10. The van der Waals surface area contributed by atoms with Gasteiger partial charge in [0.05, 0.1) is 45.1 Å². The summed E-state index contributed by atoms with van der Waals surface area (Å²) in [5.41, 5.74) is 4.70. The maximum absolute atomic E-state index is 4.58. The molecular formula is C26H14FeN12. The van der Waals surface area contributed by atoms with Gasteiger partial charge >= 0.3 is 17.1 Å². The first kappa shape index (κ1) is 24.1. The van der Waals surface area contributed by atoms with Crippen LogP contribution in [0.4, 0.5) is 0 Å². The molecule has 0 aliphatic carbocycles. The van der Waals surface area contributed by atoms with Gasteiger partial charge in [0, 0.05) is 33.9 Å². The molecule has 0 aliphatic heterocycles. The third kappa shape index (κ3) is 4.52. The van der Waals surface area contributed by atoms with Gasteiger partial charge in [0.2, 0.25) is 0 Å². The van der Waals surface area contributed by atoms with E-state index < -0.39 is 0 Å². The molecule has 6 heterocycles. The van der Waals surface area contributed by atoms with E-state index in [9.17, 15) is 0 Å². The molecule has 0 aliphatic rings. The van der Waals surface area contributed by atoms with E-state index in [0.717, 1.165) is 43.6 Å². The van der Waals surface area contributed by atoms with E-state index in [1.54, 1.807) is 12.4 Å². The van der Waals surface area contributed by atoms with Gasteiger partial charge in [-0.25, -0.2) is 15.1 Å². The monoisotopic (exact) mass is 550 g/mol. The van der Waals surface area contributed by atoms with E-state index in [2.05, 4.69) is 61.2 Å². The van der Waals surface area contributed by atoms with Crippen LogP contribution in [0, 0.1) is 0 Å². The molecular weight excluding hydrogens is 536 g/mol. The summed E-state index contributed by atoms with van der Waals surface area (Å²) < 4.78 is 0. The van der Waals surface area contributed by atoms with Gasteiger partial charge in [-0.05, 0) is 24.3 Å². The van der Waals surface area contributed by atoms with Crippen molar-refractivity contribution < 1.29 is 17.1 Å². The molecule has 13 heteroatoms. The second-order valence-electron chi connectivity index (χ2n) is 8.22. The standard InChI is InChI=1S/2C13H7N6.Fe/c2*1-2-8-3-4-9-5-6-10(13-16-18-19-17-13)15-12(9)11(8)14-7-1;/h2*1-7H;/q2*-1;+2. The molecule has 6 aromatic heterocycles. The van der Waals surface area contributed by atoms with E-state index in [1.807, 2.05) is 72.8 Å². The largest absolute Gasteiger partial charge is 2.00 e. The van der Waals surface area contributed by atoms with Crippen LogP contribution in [0.15, 0.2) is 85.2 Å². The Hall–Kier alpha value is -5.26. The molecule has 39 heavy (non-hydrogen) atoms. The predicted molar refractivity (Wildman–Crippen MR) is 138 cm³/mol. The Morgan fingerprint density at radius 1 is 0.538 bits per heavy atom. The van der Waals surface area contributed by atoms with Crippen LogP contribution in [-0.2, 0) is 17.1 Å². The fourth-order valence-corrected chi connectivity index (χ4v) is 4.19. The molecule has 186 valence electrons. The van der Waals surface area contributed by atoms with Gasteiger partial charge in [0.1, 0.15) is 0 Å². The molecule has 12 nitrogen and oxygen atoms in total. The molecule has 0 unspecified atom stereocenters. The van der Waals surface area contributed by atoms with Crippen molar-refractivity contribution in [3.63, 3.8) is 0 Å². The van der Waals surface area contributed by atoms with Crippen LogP contribution in [-0.4, -0.2) is 50.9 Å². The minimum Gasteiger partial charge on any atom is -0.329 e. The molecule has 0 amide bonds. The van der Waals surface area contributed by atoms with E-state index in [-0.39, 0.29) is 17.1 Å². The Morgan fingerprint density at radius 2 is 1.10 bits per heavy atom. The Morgan fingerprint density at radius 3 is 1.67 bits per heavy atom. The average Bonchev–Trinajstić information content (AvgIpc) is 3.72. The van der Waals surface area contributed by atoms with Crippen molar-refractivity contribution >= 4 is 43.6 Å². The van der Waals surface area contributed by atoms with Crippen LogP contribution < -0.4 is 10.3 Å². The normalized spacial score (nSPS) is 10.9. The number of tetrazole rings is 2. The Balaban J connectivity index is 0.000000138. The Labute approximate surface area is 229 Å². The van der Waals surface area contributed by atoms with Crippen molar-refractivity contribution in [2.75, 3.05) is 0 Å². The molecule has 0 fully saturated rings. The smallest absolute Gasteiger partial charge is 0.329 e. The zero-order valence-corrected chi connectivity index (χ0v) is 20.9. The fourth-order valence-electron chi connectivity index (χ4n) is 4.19. The second kappa shape index (κ2) is 10.2. The number of benzene rings is 2. The third-order valence-corrected chi connectivity index (χ3v) is 5.96. The summed E-state index contributed by atoms with van der Waals surface area (Å²) in [6.45, 7) is 0. The number of pyridine rings is 4. The molecule has 0 saturated carbocycles. The summed E-state index contributed by atoms with van der Waals surface area (Å²) in [6, 6.07) is 23.6. The van der Waals surface area contributed by atoms with Crippen molar-refractivity contribution in [3.8, 4) is 23.0 Å². The number of aromatic nitrogens is 12. The first-order valence-corrected chi connectivity index (χ1v) is 11.5. The number of rotatable bonds is 2. The molecule has 0 saturated heterocycles. The second-order valence-corrected chi connectivity index (χ2v) is 8.22. The van der Waals surface area contributed by atoms with E-state index in [1.165, 1.54) is 0 Å². The van der Waals surface area contributed by atoms with Gasteiger partial charge < -0.3 is 10.2 Å². The topological polar surface area (TPSA) is 157 Å². The van der Waals surface area contributed by atoms with Crippen LogP contribution in [0.2, 0.25) is 0 Å². The van der Waals surface area contributed by atoms with Gasteiger partial charge in [-0.3, -0.25) is 30.7 Å². The van der Waals surface area contributed by atoms with Crippen molar-refractivity contribution in [1.29, 1.82) is 0 Å². The predicted octanol–water partition coefficient (Wildman–Crippen LogP) is 3.18. The van der Waals surface area contributed by atoms with Gasteiger partial charge in [0.15, 0.2) is 0 Å². The molecule has 8 aromatic rings. The van der Waals surface area contributed by atoms with Gasteiger partial charge in [-0.1, -0.05) is 48.5 Å². The maximum atomic E-state index is 4.58. The number of hydrogen-bond donors (Lipinski definition) is 0. The minimum absolute atomic E-state index is 0. The zero-order chi connectivity index (χ0) is 25.3. The summed E-state index contributed by atoms with van der Waals surface area (Å²) in [4.78, 5) is 18.0. The number of nitrogens with zero attached hydrogens (tertiary/aromatic N) is 12. The van der Waals surface area contributed by atoms with E-state index >= 15 is 0 Å². The van der Waals surface area contributed by atoms with Crippen molar-refractivity contribution in [2.45, 2.75) is 0 Å².